The fourth-order valence-corrected chi connectivity index (χ4v) is 2.87. The number of aliphatic hydroxyl groups excluding tert-OH is 1. The lowest BCUT2D eigenvalue weighted by Gasteiger charge is -2.31. The fraction of sp³-hybridized carbons (Fsp3) is 0.857. The van der Waals surface area contributed by atoms with Gasteiger partial charge in [0.25, 0.3) is 0 Å². The van der Waals surface area contributed by atoms with Gasteiger partial charge in [0.2, 0.25) is 0 Å². The third-order valence-corrected chi connectivity index (χ3v) is 4.01. The quantitative estimate of drug-likeness (QED) is 0.730. The van der Waals surface area contributed by atoms with E-state index in [2.05, 4.69) is 13.0 Å². The van der Waals surface area contributed by atoms with Gasteiger partial charge in [0.1, 0.15) is 6.10 Å². The minimum Gasteiger partial charge on any atom is -0.386 e. The first kappa shape index (κ1) is 12.1. The minimum atomic E-state index is -0.381. The Hall–Kier alpha value is -0.340. The summed E-state index contributed by atoms with van der Waals surface area (Å²) in [5, 5.41) is 10.5. The molecular formula is C14H24O2. The molecule has 0 aromatic carbocycles. The van der Waals surface area contributed by atoms with E-state index in [0.717, 1.165) is 32.3 Å². The summed E-state index contributed by atoms with van der Waals surface area (Å²) in [6.45, 7) is 2.87. The van der Waals surface area contributed by atoms with Crippen LogP contribution < -0.4 is 0 Å². The molecule has 2 rings (SSSR count). The molecule has 92 valence electrons. The Kier molecular flexibility index (Phi) is 4.04. The second-order valence-corrected chi connectivity index (χ2v) is 5.40. The lowest BCUT2D eigenvalue weighted by molar-refractivity contribution is -0.0628. The molecule has 1 aliphatic carbocycles. The Morgan fingerprint density at radius 1 is 1.25 bits per heavy atom. The predicted octanol–water partition coefficient (Wildman–Crippen LogP) is 3.20. The number of rotatable bonds is 2. The van der Waals surface area contributed by atoms with E-state index in [1.54, 1.807) is 0 Å². The maximum Gasteiger partial charge on any atom is 0.104 e. The molecule has 0 amide bonds. The Bertz CT molecular complexity index is 251. The molecule has 0 aromatic heterocycles. The van der Waals surface area contributed by atoms with Gasteiger partial charge in [-0.2, -0.15) is 0 Å². The average molecular weight is 224 g/mol. The third kappa shape index (κ3) is 2.67. The first-order valence-corrected chi connectivity index (χ1v) is 6.73. The van der Waals surface area contributed by atoms with Gasteiger partial charge in [0.05, 0.1) is 5.60 Å². The number of hydrogen-bond acceptors (Lipinski definition) is 2. The molecule has 2 unspecified atom stereocenters. The van der Waals surface area contributed by atoms with Crippen molar-refractivity contribution in [1.82, 2.24) is 0 Å². The van der Waals surface area contributed by atoms with E-state index < -0.39 is 0 Å². The van der Waals surface area contributed by atoms with E-state index in [9.17, 15) is 5.11 Å². The molecule has 2 nitrogen and oxygen atoms in total. The maximum atomic E-state index is 10.5. The summed E-state index contributed by atoms with van der Waals surface area (Å²) in [5.41, 5.74) is 0.912. The van der Waals surface area contributed by atoms with Crippen LogP contribution in [0.2, 0.25) is 0 Å². The molecule has 1 aliphatic heterocycles. The molecule has 0 saturated carbocycles. The Morgan fingerprint density at radius 3 is 2.81 bits per heavy atom. The molecule has 1 heterocycles. The fourth-order valence-electron chi connectivity index (χ4n) is 2.87. The molecule has 0 aromatic rings. The number of hydrogen-bond donors (Lipinski definition) is 1. The van der Waals surface area contributed by atoms with Gasteiger partial charge < -0.3 is 9.84 Å². The van der Waals surface area contributed by atoms with Crippen LogP contribution in [0.5, 0.6) is 0 Å². The van der Waals surface area contributed by atoms with Crippen molar-refractivity contribution < 1.29 is 9.84 Å². The summed E-state index contributed by atoms with van der Waals surface area (Å²) in [6.07, 6.45) is 11.3. The minimum absolute atomic E-state index is 0.314. The van der Waals surface area contributed by atoms with Crippen LogP contribution in [0.15, 0.2) is 11.6 Å². The Balaban J connectivity index is 2.03. The van der Waals surface area contributed by atoms with Crippen LogP contribution >= 0.6 is 0 Å². The topological polar surface area (TPSA) is 29.5 Å². The van der Waals surface area contributed by atoms with Crippen molar-refractivity contribution in [3.8, 4) is 0 Å². The monoisotopic (exact) mass is 224 g/mol. The summed E-state index contributed by atoms with van der Waals surface area (Å²) in [7, 11) is 0. The molecular weight excluding hydrogens is 200 g/mol. The van der Waals surface area contributed by atoms with Gasteiger partial charge in [-0.3, -0.25) is 0 Å². The van der Waals surface area contributed by atoms with Crippen molar-refractivity contribution in [2.24, 2.45) is 0 Å². The van der Waals surface area contributed by atoms with Crippen molar-refractivity contribution in [2.45, 2.75) is 70.0 Å². The van der Waals surface area contributed by atoms with E-state index in [1.807, 2.05) is 0 Å². The number of allylic oxidation sites excluding steroid dienone is 1. The summed E-state index contributed by atoms with van der Waals surface area (Å²) in [6, 6.07) is 0. The highest BCUT2D eigenvalue weighted by atomic mass is 16.5. The van der Waals surface area contributed by atoms with E-state index >= 15 is 0 Å². The summed E-state index contributed by atoms with van der Waals surface area (Å²) >= 11 is 0. The van der Waals surface area contributed by atoms with Crippen molar-refractivity contribution in [3.63, 3.8) is 0 Å². The van der Waals surface area contributed by atoms with Gasteiger partial charge in [-0.1, -0.05) is 18.9 Å². The van der Waals surface area contributed by atoms with Crippen LogP contribution in [0.25, 0.3) is 0 Å². The van der Waals surface area contributed by atoms with E-state index in [1.165, 1.54) is 31.3 Å². The lowest BCUT2D eigenvalue weighted by atomic mass is 9.86. The summed E-state index contributed by atoms with van der Waals surface area (Å²) in [4.78, 5) is 0. The normalized spacial score (nSPS) is 34.0. The van der Waals surface area contributed by atoms with E-state index in [4.69, 9.17) is 4.74 Å². The molecule has 0 radical (unpaired) electrons. The van der Waals surface area contributed by atoms with Crippen LogP contribution in [-0.4, -0.2) is 23.4 Å². The van der Waals surface area contributed by atoms with Gasteiger partial charge in [0, 0.05) is 6.61 Å². The highest BCUT2D eigenvalue weighted by molar-refractivity contribution is 5.15. The number of ether oxygens (including phenoxy) is 1. The van der Waals surface area contributed by atoms with Gasteiger partial charge in [-0.05, 0) is 51.0 Å². The zero-order chi connectivity index (χ0) is 11.4. The Morgan fingerprint density at radius 2 is 2.06 bits per heavy atom. The van der Waals surface area contributed by atoms with E-state index in [-0.39, 0.29) is 11.7 Å². The van der Waals surface area contributed by atoms with Crippen LogP contribution in [0.1, 0.15) is 58.3 Å². The van der Waals surface area contributed by atoms with E-state index in [0.29, 0.717) is 0 Å². The van der Waals surface area contributed by atoms with Crippen molar-refractivity contribution in [2.75, 3.05) is 6.61 Å². The molecule has 0 bridgehead atoms. The lowest BCUT2D eigenvalue weighted by Crippen LogP contribution is -2.40. The van der Waals surface area contributed by atoms with Crippen molar-refractivity contribution in [3.05, 3.63) is 11.6 Å². The molecule has 0 spiro atoms. The van der Waals surface area contributed by atoms with Gasteiger partial charge in [-0.25, -0.2) is 0 Å². The third-order valence-electron chi connectivity index (χ3n) is 4.01. The maximum absolute atomic E-state index is 10.5. The van der Waals surface area contributed by atoms with Crippen molar-refractivity contribution in [1.29, 1.82) is 0 Å². The first-order chi connectivity index (χ1) is 7.72. The first-order valence-electron chi connectivity index (χ1n) is 6.73. The molecule has 1 saturated heterocycles. The number of aliphatic hydroxyl groups is 1. The molecule has 2 heteroatoms. The van der Waals surface area contributed by atoms with Gasteiger partial charge in [-0.15, -0.1) is 0 Å². The molecule has 2 aliphatic rings. The standard InChI is InChI=1S/C14H24O2/c1-14(10-7-11-16-14)13(15)12-8-5-3-2-4-6-9-12/h8,13,15H,2-7,9-11H2,1H3. The summed E-state index contributed by atoms with van der Waals surface area (Å²) in [5.74, 6) is 0. The second-order valence-electron chi connectivity index (χ2n) is 5.40. The zero-order valence-corrected chi connectivity index (χ0v) is 10.4. The summed E-state index contributed by atoms with van der Waals surface area (Å²) < 4.78 is 5.74. The largest absolute Gasteiger partial charge is 0.386 e. The molecule has 2 atom stereocenters. The predicted molar refractivity (Wildman–Crippen MR) is 65.4 cm³/mol. The average Bonchev–Trinajstić information content (AvgIpc) is 2.65. The molecule has 1 fully saturated rings. The zero-order valence-electron chi connectivity index (χ0n) is 10.4. The van der Waals surface area contributed by atoms with Crippen molar-refractivity contribution >= 4 is 0 Å². The van der Waals surface area contributed by atoms with Crippen LogP contribution in [0.4, 0.5) is 0 Å². The van der Waals surface area contributed by atoms with Gasteiger partial charge in [0.15, 0.2) is 0 Å². The van der Waals surface area contributed by atoms with Crippen LogP contribution in [-0.2, 0) is 4.74 Å². The highest BCUT2D eigenvalue weighted by Gasteiger charge is 2.38. The molecule has 1 N–H and O–H groups in total. The Labute approximate surface area is 98.7 Å². The smallest absolute Gasteiger partial charge is 0.104 e. The van der Waals surface area contributed by atoms with Gasteiger partial charge >= 0.3 is 0 Å². The highest BCUT2D eigenvalue weighted by Crippen LogP contribution is 2.34. The van der Waals surface area contributed by atoms with Crippen LogP contribution in [0, 0.1) is 0 Å². The SMILES string of the molecule is CC1(C(O)C2=CCCCCCC2)CCCO1. The molecule has 16 heavy (non-hydrogen) atoms. The second kappa shape index (κ2) is 5.33. The van der Waals surface area contributed by atoms with Crippen LogP contribution in [0.3, 0.4) is 0 Å².